The minimum Gasteiger partial charge on any atom is -0.497 e. The van der Waals surface area contributed by atoms with Crippen LogP contribution in [0.2, 0.25) is 5.02 Å². The van der Waals surface area contributed by atoms with Gasteiger partial charge in [-0.25, -0.2) is 4.98 Å². The Bertz CT molecular complexity index is 843. The number of hydrogen-bond acceptors (Lipinski definition) is 5. The summed E-state index contributed by atoms with van der Waals surface area (Å²) in [6.45, 7) is -0.637. The van der Waals surface area contributed by atoms with Crippen molar-refractivity contribution in [1.82, 2.24) is 4.98 Å². The Labute approximate surface area is 157 Å². The van der Waals surface area contributed by atoms with Crippen molar-refractivity contribution in [2.24, 2.45) is 0 Å². The standard InChI is InChI=1S/C17H14ClF3N2O4/c1-26-12-4-2-3-10(5-12)6-15(25)27-9-14(24)23-16-13(18)7-11(8-22-16)17(19,20)21/h2-5,7-8H,6,9H2,1H3,(H,22,23,24). The molecule has 2 aromatic rings. The van der Waals surface area contributed by atoms with Crippen LogP contribution < -0.4 is 10.1 Å². The number of benzene rings is 1. The van der Waals surface area contributed by atoms with Gasteiger partial charge in [-0.1, -0.05) is 23.7 Å². The number of esters is 1. The Hall–Kier alpha value is -2.81. The number of nitrogens with zero attached hydrogens (tertiary/aromatic N) is 1. The molecule has 0 radical (unpaired) electrons. The van der Waals surface area contributed by atoms with Gasteiger partial charge in [0.25, 0.3) is 5.91 Å². The molecule has 0 fully saturated rings. The number of carbonyl (C=O) groups excluding carboxylic acids is 2. The van der Waals surface area contributed by atoms with E-state index in [1.165, 1.54) is 7.11 Å². The molecule has 0 aliphatic heterocycles. The van der Waals surface area contributed by atoms with Crippen LogP contribution in [0.3, 0.4) is 0 Å². The number of rotatable bonds is 6. The Morgan fingerprint density at radius 2 is 2.00 bits per heavy atom. The predicted octanol–water partition coefficient (Wildman–Crippen LogP) is 3.49. The molecule has 144 valence electrons. The number of carbonyl (C=O) groups is 2. The number of hydrogen-bond donors (Lipinski definition) is 1. The second kappa shape index (κ2) is 8.72. The molecule has 2 rings (SSSR count). The minimum atomic E-state index is -4.60. The van der Waals surface area contributed by atoms with E-state index in [4.69, 9.17) is 21.1 Å². The van der Waals surface area contributed by atoms with Gasteiger partial charge < -0.3 is 14.8 Å². The molecule has 0 spiro atoms. The summed E-state index contributed by atoms with van der Waals surface area (Å²) in [6, 6.07) is 7.39. The first kappa shape index (κ1) is 20.5. The van der Waals surface area contributed by atoms with Crippen LogP contribution in [0, 0.1) is 0 Å². The quantitative estimate of drug-likeness (QED) is 0.748. The van der Waals surface area contributed by atoms with Gasteiger partial charge in [-0.15, -0.1) is 0 Å². The monoisotopic (exact) mass is 402 g/mol. The van der Waals surface area contributed by atoms with Gasteiger partial charge in [-0.05, 0) is 23.8 Å². The molecule has 0 saturated heterocycles. The first-order chi connectivity index (χ1) is 12.7. The number of alkyl halides is 3. The highest BCUT2D eigenvalue weighted by Crippen LogP contribution is 2.32. The molecule has 0 atom stereocenters. The maximum Gasteiger partial charge on any atom is 0.417 e. The van der Waals surface area contributed by atoms with Gasteiger partial charge in [0.15, 0.2) is 12.4 Å². The van der Waals surface area contributed by atoms with Crippen LogP contribution in [0.25, 0.3) is 0 Å². The molecule has 27 heavy (non-hydrogen) atoms. The van der Waals surface area contributed by atoms with E-state index in [1.807, 2.05) is 0 Å². The molecule has 0 unspecified atom stereocenters. The number of pyridine rings is 1. The van der Waals surface area contributed by atoms with Crippen molar-refractivity contribution in [3.8, 4) is 5.75 Å². The van der Waals surface area contributed by atoms with Gasteiger partial charge in [0.1, 0.15) is 5.75 Å². The number of aromatic nitrogens is 1. The van der Waals surface area contributed by atoms with Crippen molar-refractivity contribution >= 4 is 29.3 Å². The zero-order valence-corrected chi connectivity index (χ0v) is 14.7. The summed E-state index contributed by atoms with van der Waals surface area (Å²) in [5.41, 5.74) is -0.414. The minimum absolute atomic E-state index is 0.0796. The first-order valence-electron chi connectivity index (χ1n) is 7.50. The van der Waals surface area contributed by atoms with Crippen LogP contribution in [0.4, 0.5) is 19.0 Å². The molecule has 6 nitrogen and oxygen atoms in total. The van der Waals surface area contributed by atoms with E-state index in [1.54, 1.807) is 24.3 Å². The van der Waals surface area contributed by atoms with Crippen molar-refractivity contribution < 1.29 is 32.2 Å². The van der Waals surface area contributed by atoms with E-state index in [-0.39, 0.29) is 17.3 Å². The van der Waals surface area contributed by atoms with Gasteiger partial charge >= 0.3 is 12.1 Å². The number of amides is 1. The number of nitrogens with one attached hydrogen (secondary N) is 1. The average molecular weight is 403 g/mol. The smallest absolute Gasteiger partial charge is 0.417 e. The van der Waals surface area contributed by atoms with E-state index < -0.39 is 30.2 Å². The van der Waals surface area contributed by atoms with E-state index in [2.05, 4.69) is 10.3 Å². The Kier molecular flexibility index (Phi) is 6.62. The van der Waals surface area contributed by atoms with Crippen LogP contribution in [-0.4, -0.2) is 30.6 Å². The summed E-state index contributed by atoms with van der Waals surface area (Å²) in [5, 5.41) is 1.79. The molecule has 0 saturated carbocycles. The number of anilines is 1. The number of methoxy groups -OCH3 is 1. The zero-order valence-electron chi connectivity index (χ0n) is 14.0. The topological polar surface area (TPSA) is 77.5 Å². The van der Waals surface area contributed by atoms with Crippen molar-refractivity contribution in [3.63, 3.8) is 0 Å². The second-order valence-corrected chi connectivity index (χ2v) is 5.70. The lowest BCUT2D eigenvalue weighted by Crippen LogP contribution is -2.22. The average Bonchev–Trinajstić information content (AvgIpc) is 2.61. The van der Waals surface area contributed by atoms with Crippen molar-refractivity contribution in [2.75, 3.05) is 19.0 Å². The summed E-state index contributed by atoms with van der Waals surface area (Å²) in [7, 11) is 1.49. The fourth-order valence-electron chi connectivity index (χ4n) is 2.00. The SMILES string of the molecule is COc1cccc(CC(=O)OCC(=O)Nc2ncc(C(F)(F)F)cc2Cl)c1. The lowest BCUT2D eigenvalue weighted by Gasteiger charge is -2.10. The molecule has 1 aromatic heterocycles. The van der Waals surface area contributed by atoms with E-state index in [9.17, 15) is 22.8 Å². The molecule has 10 heteroatoms. The van der Waals surface area contributed by atoms with Crippen LogP contribution in [-0.2, 0) is 26.9 Å². The summed E-state index contributed by atoms with van der Waals surface area (Å²) in [6.07, 6.45) is -4.14. The molecule has 1 amide bonds. The van der Waals surface area contributed by atoms with Crippen molar-refractivity contribution in [3.05, 3.63) is 52.7 Å². The highest BCUT2D eigenvalue weighted by atomic mass is 35.5. The lowest BCUT2D eigenvalue weighted by atomic mass is 10.1. The van der Waals surface area contributed by atoms with Gasteiger partial charge in [-0.2, -0.15) is 13.2 Å². The number of halogens is 4. The van der Waals surface area contributed by atoms with E-state index in [0.717, 1.165) is 0 Å². The molecular weight excluding hydrogens is 389 g/mol. The van der Waals surface area contributed by atoms with Gasteiger partial charge in [0, 0.05) is 6.20 Å². The van der Waals surface area contributed by atoms with Crippen LogP contribution in [0.15, 0.2) is 36.5 Å². The molecule has 0 bridgehead atoms. The third-order valence-electron chi connectivity index (χ3n) is 3.27. The molecular formula is C17H14ClF3N2O4. The van der Waals surface area contributed by atoms with Gasteiger partial charge in [0.05, 0.1) is 24.1 Å². The molecule has 1 heterocycles. The van der Waals surface area contributed by atoms with Crippen molar-refractivity contribution in [1.29, 1.82) is 0 Å². The Morgan fingerprint density at radius 3 is 2.63 bits per heavy atom. The predicted molar refractivity (Wildman–Crippen MR) is 90.5 cm³/mol. The fourth-order valence-corrected chi connectivity index (χ4v) is 2.21. The molecule has 1 N–H and O–H groups in total. The Balaban J connectivity index is 1.87. The van der Waals surface area contributed by atoms with Crippen molar-refractivity contribution in [2.45, 2.75) is 12.6 Å². The first-order valence-corrected chi connectivity index (χ1v) is 7.88. The van der Waals surface area contributed by atoms with E-state index >= 15 is 0 Å². The maximum atomic E-state index is 12.5. The Morgan fingerprint density at radius 1 is 1.26 bits per heavy atom. The summed E-state index contributed by atoms with van der Waals surface area (Å²) >= 11 is 5.68. The van der Waals surface area contributed by atoms with Crippen LogP contribution in [0.1, 0.15) is 11.1 Å². The third-order valence-corrected chi connectivity index (χ3v) is 3.56. The van der Waals surface area contributed by atoms with Gasteiger partial charge in [0.2, 0.25) is 0 Å². The number of ether oxygens (including phenoxy) is 2. The van der Waals surface area contributed by atoms with Crippen LogP contribution >= 0.6 is 11.6 Å². The zero-order chi connectivity index (χ0) is 20.0. The molecule has 0 aliphatic rings. The maximum absolute atomic E-state index is 12.5. The molecule has 0 aliphatic carbocycles. The summed E-state index contributed by atoms with van der Waals surface area (Å²) in [5.74, 6) is -1.15. The van der Waals surface area contributed by atoms with Gasteiger partial charge in [-0.3, -0.25) is 9.59 Å². The second-order valence-electron chi connectivity index (χ2n) is 5.29. The fraction of sp³-hybridized carbons (Fsp3) is 0.235. The third kappa shape index (κ3) is 6.14. The van der Waals surface area contributed by atoms with E-state index in [0.29, 0.717) is 23.6 Å². The molecule has 1 aromatic carbocycles. The summed E-state index contributed by atoms with van der Waals surface area (Å²) < 4.78 is 47.5. The largest absolute Gasteiger partial charge is 0.497 e. The lowest BCUT2D eigenvalue weighted by molar-refractivity contribution is -0.146. The summed E-state index contributed by atoms with van der Waals surface area (Å²) in [4.78, 5) is 27.0. The normalized spacial score (nSPS) is 11.0. The highest BCUT2D eigenvalue weighted by molar-refractivity contribution is 6.33. The van der Waals surface area contributed by atoms with Crippen LogP contribution in [0.5, 0.6) is 5.75 Å². The highest BCUT2D eigenvalue weighted by Gasteiger charge is 2.31.